The summed E-state index contributed by atoms with van der Waals surface area (Å²) in [5.41, 5.74) is 1.04. The van der Waals surface area contributed by atoms with Crippen LogP contribution >= 0.6 is 0 Å². The summed E-state index contributed by atoms with van der Waals surface area (Å²) in [4.78, 5) is 37.5. The Balaban J connectivity index is 1.16. The van der Waals surface area contributed by atoms with Crippen LogP contribution in [0.25, 0.3) is 22.4 Å². The van der Waals surface area contributed by atoms with E-state index in [1.54, 1.807) is 15.8 Å². The summed E-state index contributed by atoms with van der Waals surface area (Å²) in [5, 5.41) is 19.9. The molecule has 3 fully saturated rings. The molecule has 1 amide bonds. The minimum absolute atomic E-state index is 0.00492. The number of carbonyl (C=O) groups is 2. The van der Waals surface area contributed by atoms with Gasteiger partial charge >= 0.3 is 0 Å². The zero-order valence-electron chi connectivity index (χ0n) is 19.8. The lowest BCUT2D eigenvalue weighted by molar-refractivity contribution is -0.131. The van der Waals surface area contributed by atoms with Gasteiger partial charge in [0.2, 0.25) is 0 Å². The van der Waals surface area contributed by atoms with Gasteiger partial charge in [0.15, 0.2) is 11.6 Å². The second-order valence-corrected chi connectivity index (χ2v) is 9.28. The molecule has 0 saturated carbocycles. The van der Waals surface area contributed by atoms with E-state index in [0.29, 0.717) is 19.0 Å². The Bertz CT molecular complexity index is 1660. The van der Waals surface area contributed by atoms with Crippen LogP contribution in [0.15, 0.2) is 55.1 Å². The van der Waals surface area contributed by atoms with Gasteiger partial charge in [-0.15, -0.1) is 5.10 Å². The number of aromatic amines is 1. The maximum Gasteiger partial charge on any atom is 0.295 e. The van der Waals surface area contributed by atoms with Crippen LogP contribution < -0.4 is 4.90 Å². The molecule has 0 aliphatic carbocycles. The average Bonchev–Trinajstić information content (AvgIpc) is 3.74. The molecule has 0 unspecified atom stereocenters. The molecule has 2 bridgehead atoms. The maximum atomic E-state index is 14.9. The molecule has 2 atom stereocenters. The third-order valence-electron chi connectivity index (χ3n) is 7.22. The van der Waals surface area contributed by atoms with E-state index in [-0.39, 0.29) is 34.4 Å². The molecular formula is C24H20FN11O2. The number of nitrogens with one attached hydrogen (secondary N) is 1. The number of pyridine rings is 1. The number of tetrazole rings is 1. The Kier molecular flexibility index (Phi) is 4.99. The minimum atomic E-state index is -0.779. The van der Waals surface area contributed by atoms with Gasteiger partial charge in [0.05, 0.1) is 40.7 Å². The molecule has 190 valence electrons. The largest absolute Gasteiger partial charge is 0.357 e. The summed E-state index contributed by atoms with van der Waals surface area (Å²) in [5.74, 6) is -1.29. The van der Waals surface area contributed by atoms with E-state index < -0.39 is 17.5 Å². The van der Waals surface area contributed by atoms with Crippen LogP contribution in [0.5, 0.6) is 0 Å². The molecule has 4 aromatic heterocycles. The van der Waals surface area contributed by atoms with Crippen LogP contribution in [-0.2, 0) is 4.79 Å². The summed E-state index contributed by atoms with van der Waals surface area (Å²) in [6.45, 7) is 0.826. The first kappa shape index (κ1) is 22.2. The third kappa shape index (κ3) is 3.37. The molecule has 13 nitrogen and oxygen atoms in total. The highest BCUT2D eigenvalue weighted by Gasteiger charge is 2.44. The number of piperazine rings is 1. The van der Waals surface area contributed by atoms with Crippen LogP contribution in [0.3, 0.4) is 0 Å². The molecule has 5 aromatic rings. The number of para-hydroxylation sites is 1. The molecule has 3 saturated heterocycles. The van der Waals surface area contributed by atoms with Crippen molar-refractivity contribution in [1.82, 2.24) is 50.1 Å². The maximum absolute atomic E-state index is 14.9. The second-order valence-electron chi connectivity index (χ2n) is 9.28. The molecule has 0 radical (unpaired) electrons. The molecule has 0 spiro atoms. The number of amides is 1. The molecule has 1 N–H and O–H groups in total. The van der Waals surface area contributed by atoms with E-state index in [2.05, 4.69) is 40.7 Å². The number of hydrogen-bond donors (Lipinski definition) is 1. The summed E-state index contributed by atoms with van der Waals surface area (Å²) in [6.07, 6.45) is 6.94. The Labute approximate surface area is 213 Å². The van der Waals surface area contributed by atoms with E-state index >= 15 is 0 Å². The smallest absolute Gasteiger partial charge is 0.295 e. The number of piperidine rings is 2. The van der Waals surface area contributed by atoms with Crippen molar-refractivity contribution in [2.24, 2.45) is 0 Å². The highest BCUT2D eigenvalue weighted by Crippen LogP contribution is 2.33. The highest BCUT2D eigenvalue weighted by molar-refractivity contribution is 6.45. The number of aromatic nitrogens is 9. The summed E-state index contributed by atoms with van der Waals surface area (Å²) in [6, 6.07) is 9.30. The monoisotopic (exact) mass is 513 g/mol. The molecule has 38 heavy (non-hydrogen) atoms. The van der Waals surface area contributed by atoms with Gasteiger partial charge < -0.3 is 14.8 Å². The van der Waals surface area contributed by atoms with Gasteiger partial charge in [0.25, 0.3) is 17.6 Å². The van der Waals surface area contributed by atoms with Crippen LogP contribution in [0.4, 0.5) is 10.3 Å². The Morgan fingerprint density at radius 2 is 1.89 bits per heavy atom. The zero-order valence-corrected chi connectivity index (χ0v) is 19.8. The van der Waals surface area contributed by atoms with Gasteiger partial charge in [-0.2, -0.15) is 4.68 Å². The fraction of sp³-hybridized carbons (Fsp3) is 0.250. The standard InChI is InChI=1S/C24H20FN11O2/c25-18-11-27-22(35-9-8-28-31-35)20-19(18)17(10-26-20)21(37)23(38)33-12-16-7-6-15(33)13-34(16)24-29-30-32-36(24)14-4-2-1-3-5-14/h1-5,8-11,15-16,26H,6-7,12-13H2/t15-,16-/m1/s1. The number of Topliss-reactive ketones (excluding diaryl/α,β-unsaturated/α-hetero) is 1. The van der Waals surface area contributed by atoms with Crippen molar-refractivity contribution in [3.05, 3.63) is 66.5 Å². The molecule has 7 heterocycles. The van der Waals surface area contributed by atoms with Crippen molar-refractivity contribution in [3.8, 4) is 11.5 Å². The van der Waals surface area contributed by atoms with Crippen molar-refractivity contribution >= 4 is 28.5 Å². The fourth-order valence-electron chi connectivity index (χ4n) is 5.43. The fourth-order valence-corrected chi connectivity index (χ4v) is 5.43. The van der Waals surface area contributed by atoms with E-state index in [0.717, 1.165) is 24.7 Å². The van der Waals surface area contributed by atoms with Crippen molar-refractivity contribution in [3.63, 3.8) is 0 Å². The van der Waals surface area contributed by atoms with Gasteiger partial charge in [-0.05, 0) is 35.4 Å². The first-order chi connectivity index (χ1) is 18.6. The van der Waals surface area contributed by atoms with Gasteiger partial charge in [0, 0.05) is 31.4 Å². The second kappa shape index (κ2) is 8.54. The molecule has 14 heteroatoms. The van der Waals surface area contributed by atoms with Gasteiger partial charge in [-0.25, -0.2) is 14.1 Å². The van der Waals surface area contributed by atoms with Crippen molar-refractivity contribution in [2.75, 3.05) is 18.0 Å². The van der Waals surface area contributed by atoms with Crippen LogP contribution in [-0.4, -0.2) is 86.9 Å². The van der Waals surface area contributed by atoms with E-state index in [1.807, 2.05) is 30.3 Å². The third-order valence-corrected chi connectivity index (χ3v) is 7.22. The van der Waals surface area contributed by atoms with E-state index in [9.17, 15) is 14.0 Å². The number of hydrogen-bond acceptors (Lipinski definition) is 9. The van der Waals surface area contributed by atoms with E-state index in [4.69, 9.17) is 0 Å². The Morgan fingerprint density at radius 1 is 1.05 bits per heavy atom. The number of rotatable bonds is 5. The van der Waals surface area contributed by atoms with Crippen molar-refractivity contribution < 1.29 is 14.0 Å². The van der Waals surface area contributed by atoms with Gasteiger partial charge in [-0.3, -0.25) is 9.59 Å². The first-order valence-electron chi connectivity index (χ1n) is 12.1. The Hall–Kier alpha value is -5.01. The van der Waals surface area contributed by atoms with Crippen molar-refractivity contribution in [1.29, 1.82) is 0 Å². The van der Waals surface area contributed by atoms with Crippen LogP contribution in [0.1, 0.15) is 23.2 Å². The van der Waals surface area contributed by atoms with Gasteiger partial charge in [0.1, 0.15) is 0 Å². The summed E-state index contributed by atoms with van der Waals surface area (Å²) >= 11 is 0. The SMILES string of the molecule is O=C(C(=O)N1C[C@H]2CC[C@@H]1CN2c1nnnn1-c1ccccc1)c1c[nH]c2c(-n3ccnn3)ncc(F)c12. The minimum Gasteiger partial charge on any atom is -0.357 e. The highest BCUT2D eigenvalue weighted by atomic mass is 19.1. The lowest BCUT2D eigenvalue weighted by Gasteiger charge is -2.51. The predicted octanol–water partition coefficient (Wildman–Crippen LogP) is 1.32. The number of carbonyl (C=O) groups excluding carboxylic acids is 2. The molecule has 1 aromatic carbocycles. The number of nitrogens with zero attached hydrogens (tertiary/aromatic N) is 10. The number of halogens is 1. The lowest BCUT2D eigenvalue weighted by atomic mass is 9.90. The number of ketones is 1. The predicted molar refractivity (Wildman–Crippen MR) is 130 cm³/mol. The van der Waals surface area contributed by atoms with Crippen LogP contribution in [0, 0.1) is 5.82 Å². The quantitative estimate of drug-likeness (QED) is 0.272. The van der Waals surface area contributed by atoms with Crippen LogP contribution in [0.2, 0.25) is 0 Å². The molecule has 8 rings (SSSR count). The van der Waals surface area contributed by atoms with Crippen molar-refractivity contribution in [2.45, 2.75) is 24.9 Å². The van der Waals surface area contributed by atoms with Gasteiger partial charge in [-0.1, -0.05) is 28.5 Å². The molecule has 3 aliphatic heterocycles. The number of anilines is 1. The number of H-pyrrole nitrogens is 1. The average molecular weight is 513 g/mol. The van der Waals surface area contributed by atoms with E-state index in [1.165, 1.54) is 17.1 Å². The lowest BCUT2D eigenvalue weighted by Crippen LogP contribution is -2.65. The summed E-state index contributed by atoms with van der Waals surface area (Å²) < 4.78 is 17.9. The number of benzene rings is 1. The summed E-state index contributed by atoms with van der Waals surface area (Å²) in [7, 11) is 0. The zero-order chi connectivity index (χ0) is 25.8. The normalized spacial score (nSPS) is 18.9. The molecular weight excluding hydrogens is 493 g/mol. The first-order valence-corrected chi connectivity index (χ1v) is 12.1. The number of fused-ring (bicyclic) bond motifs is 4. The molecule has 3 aliphatic rings. The topological polar surface area (TPSA) is 144 Å². The Morgan fingerprint density at radius 3 is 2.66 bits per heavy atom.